The first-order chi connectivity index (χ1) is 12.4. The van der Waals surface area contributed by atoms with Crippen molar-refractivity contribution in [1.82, 2.24) is 9.21 Å². The predicted octanol–water partition coefficient (Wildman–Crippen LogP) is 1.86. The number of fused-ring (bicyclic) bond motifs is 1. The molecule has 0 radical (unpaired) electrons. The van der Waals surface area contributed by atoms with Crippen LogP contribution in [0.15, 0.2) is 23.1 Å². The maximum Gasteiger partial charge on any atom is 0.243 e. The molecule has 142 valence electrons. The minimum atomic E-state index is -3.82. The van der Waals surface area contributed by atoms with Gasteiger partial charge in [-0.3, -0.25) is 4.79 Å². The Balaban J connectivity index is 1.59. The van der Waals surface area contributed by atoms with Gasteiger partial charge in [0.1, 0.15) is 0 Å². The van der Waals surface area contributed by atoms with Crippen molar-refractivity contribution in [3.63, 3.8) is 0 Å². The number of likely N-dealkylation sites (tertiary alicyclic amines) is 1. The molecule has 0 unspecified atom stereocenters. The molecule has 2 aliphatic heterocycles. The third-order valence-corrected chi connectivity index (χ3v) is 7.62. The van der Waals surface area contributed by atoms with Crippen LogP contribution in [0.5, 0.6) is 5.75 Å². The van der Waals surface area contributed by atoms with Gasteiger partial charge in [-0.15, -0.1) is 0 Å². The van der Waals surface area contributed by atoms with Crippen molar-refractivity contribution in [3.05, 3.63) is 24.0 Å². The fourth-order valence-electron chi connectivity index (χ4n) is 4.15. The van der Waals surface area contributed by atoms with Crippen LogP contribution in [0.3, 0.4) is 0 Å². The number of carbonyl (C=O) groups excluding carboxylic acids is 1. The number of carbonyl (C=O) groups is 1. The molecule has 6 nitrogen and oxygen atoms in total. The van der Waals surface area contributed by atoms with Gasteiger partial charge < -0.3 is 9.64 Å². The van der Waals surface area contributed by atoms with E-state index in [9.17, 15) is 17.6 Å². The quantitative estimate of drug-likeness (QED) is 0.797. The van der Waals surface area contributed by atoms with Crippen molar-refractivity contribution in [2.45, 2.75) is 36.6 Å². The van der Waals surface area contributed by atoms with Gasteiger partial charge >= 0.3 is 0 Å². The third-order valence-electron chi connectivity index (χ3n) is 5.70. The third kappa shape index (κ3) is 2.99. The zero-order chi connectivity index (χ0) is 18.5. The molecule has 1 aliphatic carbocycles. The van der Waals surface area contributed by atoms with E-state index in [4.69, 9.17) is 4.74 Å². The molecular formula is C18H23FN2O4S. The summed E-state index contributed by atoms with van der Waals surface area (Å²) in [6, 6.07) is 3.51. The Hall–Kier alpha value is -1.67. The number of sulfonamides is 1. The number of ether oxygens (including phenoxy) is 1. The number of piperidine rings is 1. The number of amides is 1. The molecule has 1 aromatic rings. The molecule has 2 heterocycles. The van der Waals surface area contributed by atoms with Crippen LogP contribution < -0.4 is 4.74 Å². The fourth-order valence-corrected chi connectivity index (χ4v) is 5.88. The Morgan fingerprint density at radius 3 is 2.65 bits per heavy atom. The van der Waals surface area contributed by atoms with Crippen molar-refractivity contribution in [2.24, 2.45) is 11.8 Å². The van der Waals surface area contributed by atoms with Gasteiger partial charge in [0, 0.05) is 31.6 Å². The normalized spacial score (nSPS) is 26.6. The van der Waals surface area contributed by atoms with E-state index in [2.05, 4.69) is 0 Å². The van der Waals surface area contributed by atoms with Gasteiger partial charge in [-0.25, -0.2) is 12.8 Å². The minimum Gasteiger partial charge on any atom is -0.494 e. The van der Waals surface area contributed by atoms with Crippen LogP contribution in [0.2, 0.25) is 0 Å². The highest BCUT2D eigenvalue weighted by atomic mass is 32.2. The molecule has 1 amide bonds. The van der Waals surface area contributed by atoms with Crippen LogP contribution in [0, 0.1) is 17.7 Å². The summed E-state index contributed by atoms with van der Waals surface area (Å²) < 4.78 is 46.6. The SMILES string of the molecule is COc1ccc(S(=O)(=O)N2CCC[C@@H]3CN(C(=O)C4CC4)C[C@@H]32)cc1F. The standard InChI is InChI=1S/C18H23FN2O4S/c1-25-17-7-6-14(9-15(17)19)26(23,24)21-8-2-3-13-10-20(11-16(13)21)18(22)12-4-5-12/h6-7,9,12-13,16H,2-5,8,10-11H2,1H3/t13-,16+/m1/s1. The Morgan fingerprint density at radius 2 is 2.00 bits per heavy atom. The molecule has 1 saturated carbocycles. The van der Waals surface area contributed by atoms with E-state index in [1.807, 2.05) is 4.90 Å². The molecule has 0 N–H and O–H groups in total. The maximum atomic E-state index is 14.0. The van der Waals surface area contributed by atoms with E-state index >= 15 is 0 Å². The van der Waals surface area contributed by atoms with Crippen LogP contribution in [-0.4, -0.2) is 56.3 Å². The largest absolute Gasteiger partial charge is 0.494 e. The molecule has 0 aromatic heterocycles. The Labute approximate surface area is 153 Å². The minimum absolute atomic E-state index is 0.0162. The van der Waals surface area contributed by atoms with E-state index in [0.29, 0.717) is 19.6 Å². The summed E-state index contributed by atoms with van der Waals surface area (Å²) in [5.41, 5.74) is 0. The van der Waals surface area contributed by atoms with Crippen LogP contribution in [0.1, 0.15) is 25.7 Å². The van der Waals surface area contributed by atoms with Crippen LogP contribution in [0.4, 0.5) is 4.39 Å². The number of hydrogen-bond donors (Lipinski definition) is 0. The first-order valence-electron chi connectivity index (χ1n) is 9.06. The number of methoxy groups -OCH3 is 1. The summed E-state index contributed by atoms with van der Waals surface area (Å²) in [5, 5.41) is 0. The van der Waals surface area contributed by atoms with Gasteiger partial charge in [0.05, 0.1) is 12.0 Å². The first-order valence-corrected chi connectivity index (χ1v) is 10.5. The number of hydrogen-bond acceptors (Lipinski definition) is 4. The van der Waals surface area contributed by atoms with Gasteiger partial charge in [-0.2, -0.15) is 4.31 Å². The summed E-state index contributed by atoms with van der Waals surface area (Å²) in [5.74, 6) is -0.228. The zero-order valence-electron chi connectivity index (χ0n) is 14.7. The maximum absolute atomic E-state index is 14.0. The zero-order valence-corrected chi connectivity index (χ0v) is 15.5. The lowest BCUT2D eigenvalue weighted by Crippen LogP contribution is -2.48. The molecule has 2 atom stereocenters. The molecule has 0 spiro atoms. The molecule has 2 saturated heterocycles. The summed E-state index contributed by atoms with van der Waals surface area (Å²) in [4.78, 5) is 14.1. The molecule has 4 rings (SSSR count). The second-order valence-electron chi connectivity index (χ2n) is 7.40. The number of benzene rings is 1. The van der Waals surface area contributed by atoms with Gasteiger partial charge in [-0.05, 0) is 49.8 Å². The second kappa shape index (κ2) is 6.49. The lowest BCUT2D eigenvalue weighted by molar-refractivity contribution is -0.131. The van der Waals surface area contributed by atoms with Gasteiger partial charge in [0.2, 0.25) is 15.9 Å². The summed E-state index contributed by atoms with van der Waals surface area (Å²) >= 11 is 0. The Morgan fingerprint density at radius 1 is 1.23 bits per heavy atom. The van der Waals surface area contributed by atoms with Gasteiger partial charge in [-0.1, -0.05) is 0 Å². The first kappa shape index (κ1) is 17.7. The number of halogens is 1. The number of nitrogens with zero attached hydrogens (tertiary/aromatic N) is 2. The van der Waals surface area contributed by atoms with Crippen molar-refractivity contribution in [2.75, 3.05) is 26.7 Å². The molecule has 3 fully saturated rings. The highest BCUT2D eigenvalue weighted by Crippen LogP contribution is 2.38. The summed E-state index contributed by atoms with van der Waals surface area (Å²) in [6.45, 7) is 1.48. The van der Waals surface area contributed by atoms with Gasteiger partial charge in [0.25, 0.3) is 0 Å². The van der Waals surface area contributed by atoms with Crippen LogP contribution >= 0.6 is 0 Å². The molecule has 0 bridgehead atoms. The molecular weight excluding hydrogens is 359 g/mol. The van der Waals surface area contributed by atoms with Crippen molar-refractivity contribution < 1.29 is 22.3 Å². The van der Waals surface area contributed by atoms with Crippen LogP contribution in [0.25, 0.3) is 0 Å². The predicted molar refractivity (Wildman–Crippen MR) is 92.7 cm³/mol. The fraction of sp³-hybridized carbons (Fsp3) is 0.611. The highest BCUT2D eigenvalue weighted by molar-refractivity contribution is 7.89. The van der Waals surface area contributed by atoms with Gasteiger partial charge in [0.15, 0.2) is 11.6 Å². The van der Waals surface area contributed by atoms with Crippen molar-refractivity contribution in [3.8, 4) is 5.75 Å². The molecule has 3 aliphatic rings. The Bertz CT molecular complexity index is 824. The summed E-state index contributed by atoms with van der Waals surface area (Å²) in [7, 11) is -2.48. The monoisotopic (exact) mass is 382 g/mol. The van der Waals surface area contributed by atoms with E-state index in [1.165, 1.54) is 23.5 Å². The Kier molecular flexibility index (Phi) is 4.43. The number of rotatable bonds is 4. The average molecular weight is 382 g/mol. The lowest BCUT2D eigenvalue weighted by Gasteiger charge is -2.35. The molecule has 8 heteroatoms. The molecule has 26 heavy (non-hydrogen) atoms. The average Bonchev–Trinajstić information content (AvgIpc) is 3.38. The topological polar surface area (TPSA) is 66.9 Å². The van der Waals surface area contributed by atoms with E-state index in [1.54, 1.807) is 0 Å². The lowest BCUT2D eigenvalue weighted by atomic mass is 9.94. The van der Waals surface area contributed by atoms with E-state index < -0.39 is 15.8 Å². The highest BCUT2D eigenvalue weighted by Gasteiger charge is 2.47. The summed E-state index contributed by atoms with van der Waals surface area (Å²) in [6.07, 6.45) is 3.56. The molecule has 1 aromatic carbocycles. The second-order valence-corrected chi connectivity index (χ2v) is 9.29. The van der Waals surface area contributed by atoms with Crippen molar-refractivity contribution in [1.29, 1.82) is 0 Å². The van der Waals surface area contributed by atoms with E-state index in [-0.39, 0.29) is 34.4 Å². The van der Waals surface area contributed by atoms with Crippen LogP contribution in [-0.2, 0) is 14.8 Å². The van der Waals surface area contributed by atoms with Crippen molar-refractivity contribution >= 4 is 15.9 Å². The smallest absolute Gasteiger partial charge is 0.243 e. The van der Waals surface area contributed by atoms with E-state index in [0.717, 1.165) is 31.7 Å².